The lowest BCUT2D eigenvalue weighted by molar-refractivity contribution is 0.189. The zero-order chi connectivity index (χ0) is 11.7. The highest BCUT2D eigenvalue weighted by atomic mass is 15.4. The Labute approximate surface area is 102 Å². The summed E-state index contributed by atoms with van der Waals surface area (Å²) in [6, 6.07) is 1.59. The Kier molecular flexibility index (Phi) is 3.11. The maximum Gasteiger partial charge on any atom is 0.0964 e. The van der Waals surface area contributed by atoms with Crippen molar-refractivity contribution >= 4 is 0 Å². The minimum atomic E-state index is 0.659. The van der Waals surface area contributed by atoms with Gasteiger partial charge in [-0.05, 0) is 38.8 Å². The molecule has 0 atom stereocenters. The Bertz CT molecular complexity index is 363. The highest BCUT2D eigenvalue weighted by molar-refractivity contribution is 4.93. The van der Waals surface area contributed by atoms with Crippen molar-refractivity contribution in [2.24, 2.45) is 7.05 Å². The summed E-state index contributed by atoms with van der Waals surface area (Å²) in [4.78, 5) is 2.65. The number of nitrogens with zero attached hydrogens (tertiary/aromatic N) is 4. The smallest absolute Gasteiger partial charge is 0.0964 e. The van der Waals surface area contributed by atoms with Crippen LogP contribution < -0.4 is 5.32 Å². The van der Waals surface area contributed by atoms with Crippen LogP contribution in [0.1, 0.15) is 31.4 Å². The molecule has 1 aliphatic heterocycles. The summed E-state index contributed by atoms with van der Waals surface area (Å²) < 4.78 is 1.76. The van der Waals surface area contributed by atoms with Crippen molar-refractivity contribution in [3.05, 3.63) is 11.9 Å². The average Bonchev–Trinajstić information content (AvgIpc) is 3.11. The molecule has 1 aliphatic carbocycles. The monoisotopic (exact) mass is 235 g/mol. The molecule has 0 radical (unpaired) electrons. The van der Waals surface area contributed by atoms with Crippen LogP contribution in [0.15, 0.2) is 6.20 Å². The number of rotatable bonds is 4. The molecule has 94 valence electrons. The maximum atomic E-state index is 4.09. The third-order valence-corrected chi connectivity index (χ3v) is 3.81. The Morgan fingerprint density at radius 2 is 2.06 bits per heavy atom. The van der Waals surface area contributed by atoms with E-state index in [2.05, 4.69) is 20.5 Å². The SMILES string of the molecule is Cn1cc(CNC2CCN(C3CC3)CC2)nn1. The molecule has 0 unspecified atom stereocenters. The van der Waals surface area contributed by atoms with Crippen LogP contribution in [0.3, 0.4) is 0 Å². The predicted molar refractivity (Wildman–Crippen MR) is 65.5 cm³/mol. The highest BCUT2D eigenvalue weighted by Crippen LogP contribution is 2.29. The summed E-state index contributed by atoms with van der Waals surface area (Å²) >= 11 is 0. The van der Waals surface area contributed by atoms with E-state index in [4.69, 9.17) is 0 Å². The van der Waals surface area contributed by atoms with Gasteiger partial charge < -0.3 is 10.2 Å². The molecule has 1 aromatic heterocycles. The van der Waals surface area contributed by atoms with E-state index >= 15 is 0 Å². The minimum Gasteiger partial charge on any atom is -0.308 e. The fourth-order valence-electron chi connectivity index (χ4n) is 2.63. The summed E-state index contributed by atoms with van der Waals surface area (Å²) in [5.74, 6) is 0. The summed E-state index contributed by atoms with van der Waals surface area (Å²) in [6.07, 6.45) is 7.38. The molecule has 1 saturated heterocycles. The number of aromatic nitrogens is 3. The molecule has 5 heteroatoms. The molecular weight excluding hydrogens is 214 g/mol. The topological polar surface area (TPSA) is 46.0 Å². The van der Waals surface area contributed by atoms with Crippen molar-refractivity contribution in [1.82, 2.24) is 25.2 Å². The molecule has 2 fully saturated rings. The Morgan fingerprint density at radius 1 is 1.29 bits per heavy atom. The average molecular weight is 235 g/mol. The maximum absolute atomic E-state index is 4.09. The third kappa shape index (κ3) is 2.84. The first-order valence-corrected chi connectivity index (χ1v) is 6.64. The first-order valence-electron chi connectivity index (χ1n) is 6.64. The predicted octanol–water partition coefficient (Wildman–Crippen LogP) is 0.531. The van der Waals surface area contributed by atoms with E-state index in [1.165, 1.54) is 38.8 Å². The van der Waals surface area contributed by atoms with E-state index < -0.39 is 0 Å². The van der Waals surface area contributed by atoms with Crippen LogP contribution in [0.5, 0.6) is 0 Å². The van der Waals surface area contributed by atoms with Crippen LogP contribution in [0.25, 0.3) is 0 Å². The van der Waals surface area contributed by atoms with Crippen molar-refractivity contribution in [3.8, 4) is 0 Å². The Hall–Kier alpha value is -0.940. The van der Waals surface area contributed by atoms with Gasteiger partial charge in [0.05, 0.1) is 5.69 Å². The van der Waals surface area contributed by atoms with Crippen molar-refractivity contribution < 1.29 is 0 Å². The molecular formula is C12H21N5. The number of hydrogen-bond acceptors (Lipinski definition) is 4. The molecule has 3 rings (SSSR count). The van der Waals surface area contributed by atoms with Gasteiger partial charge in [-0.25, -0.2) is 0 Å². The molecule has 0 amide bonds. The van der Waals surface area contributed by atoms with Gasteiger partial charge in [0.2, 0.25) is 0 Å². The van der Waals surface area contributed by atoms with Crippen LogP contribution in [-0.4, -0.2) is 45.1 Å². The van der Waals surface area contributed by atoms with Crippen molar-refractivity contribution in [1.29, 1.82) is 0 Å². The minimum absolute atomic E-state index is 0.659. The molecule has 1 saturated carbocycles. The number of hydrogen-bond donors (Lipinski definition) is 1. The molecule has 5 nitrogen and oxygen atoms in total. The summed E-state index contributed by atoms with van der Waals surface area (Å²) in [7, 11) is 1.91. The molecule has 0 spiro atoms. The Balaban J connectivity index is 1.41. The number of nitrogens with one attached hydrogen (secondary N) is 1. The molecule has 2 aliphatic rings. The molecule has 1 aromatic rings. The van der Waals surface area contributed by atoms with Crippen molar-refractivity contribution in [2.45, 2.75) is 44.3 Å². The zero-order valence-corrected chi connectivity index (χ0v) is 10.5. The van der Waals surface area contributed by atoms with Crippen molar-refractivity contribution in [3.63, 3.8) is 0 Å². The van der Waals surface area contributed by atoms with E-state index in [-0.39, 0.29) is 0 Å². The summed E-state index contributed by atoms with van der Waals surface area (Å²) in [5, 5.41) is 11.6. The van der Waals surface area contributed by atoms with E-state index in [9.17, 15) is 0 Å². The number of piperidine rings is 1. The molecule has 17 heavy (non-hydrogen) atoms. The van der Waals surface area contributed by atoms with Gasteiger partial charge in [0.1, 0.15) is 0 Å². The largest absolute Gasteiger partial charge is 0.308 e. The van der Waals surface area contributed by atoms with Crippen LogP contribution >= 0.6 is 0 Å². The van der Waals surface area contributed by atoms with E-state index in [1.807, 2.05) is 13.2 Å². The first-order chi connectivity index (χ1) is 8.31. The first kappa shape index (κ1) is 11.2. The third-order valence-electron chi connectivity index (χ3n) is 3.81. The zero-order valence-electron chi connectivity index (χ0n) is 10.5. The van der Waals surface area contributed by atoms with Gasteiger partial charge in [-0.1, -0.05) is 5.21 Å². The lowest BCUT2D eigenvalue weighted by Crippen LogP contribution is -2.43. The lowest BCUT2D eigenvalue weighted by atomic mass is 10.0. The van der Waals surface area contributed by atoms with Gasteiger partial charge in [0.15, 0.2) is 0 Å². The van der Waals surface area contributed by atoms with Crippen LogP contribution in [0.2, 0.25) is 0 Å². The summed E-state index contributed by atoms with van der Waals surface area (Å²) in [6.45, 7) is 3.38. The molecule has 2 heterocycles. The number of aryl methyl sites for hydroxylation is 1. The lowest BCUT2D eigenvalue weighted by Gasteiger charge is -2.32. The van der Waals surface area contributed by atoms with E-state index in [0.717, 1.165) is 18.3 Å². The van der Waals surface area contributed by atoms with Crippen LogP contribution in [-0.2, 0) is 13.6 Å². The summed E-state index contributed by atoms with van der Waals surface area (Å²) in [5.41, 5.74) is 1.04. The van der Waals surface area contributed by atoms with Gasteiger partial charge in [0.25, 0.3) is 0 Å². The van der Waals surface area contributed by atoms with Gasteiger partial charge >= 0.3 is 0 Å². The van der Waals surface area contributed by atoms with Crippen LogP contribution in [0.4, 0.5) is 0 Å². The molecule has 0 bridgehead atoms. The second kappa shape index (κ2) is 4.74. The fourth-order valence-corrected chi connectivity index (χ4v) is 2.63. The van der Waals surface area contributed by atoms with Gasteiger partial charge in [-0.3, -0.25) is 4.68 Å². The van der Waals surface area contributed by atoms with Crippen molar-refractivity contribution in [2.75, 3.05) is 13.1 Å². The Morgan fingerprint density at radius 3 is 2.65 bits per heavy atom. The quantitative estimate of drug-likeness (QED) is 0.827. The van der Waals surface area contributed by atoms with Gasteiger partial charge in [-0.15, -0.1) is 5.10 Å². The van der Waals surface area contributed by atoms with Crippen LogP contribution in [0, 0.1) is 0 Å². The van der Waals surface area contributed by atoms with E-state index in [0.29, 0.717) is 6.04 Å². The van der Waals surface area contributed by atoms with Gasteiger partial charge in [-0.2, -0.15) is 0 Å². The van der Waals surface area contributed by atoms with E-state index in [1.54, 1.807) is 4.68 Å². The highest BCUT2D eigenvalue weighted by Gasteiger charge is 2.31. The fraction of sp³-hybridized carbons (Fsp3) is 0.833. The number of likely N-dealkylation sites (tertiary alicyclic amines) is 1. The normalized spacial score (nSPS) is 23.1. The van der Waals surface area contributed by atoms with Gasteiger partial charge in [0, 0.05) is 31.9 Å². The second-order valence-electron chi connectivity index (χ2n) is 5.31. The molecule has 1 N–H and O–H groups in total. The second-order valence-corrected chi connectivity index (χ2v) is 5.31. The standard InChI is InChI=1S/C12H21N5/c1-16-9-11(14-15-16)8-13-10-4-6-17(7-5-10)12-2-3-12/h9-10,12-13H,2-8H2,1H3. The molecule has 0 aromatic carbocycles.